The Hall–Kier alpha value is -4.02. The van der Waals surface area contributed by atoms with E-state index >= 15 is 0 Å². The highest BCUT2D eigenvalue weighted by Gasteiger charge is 2.17. The maximum atomic E-state index is 4.93. The summed E-state index contributed by atoms with van der Waals surface area (Å²) in [4.78, 5) is 9.80. The Morgan fingerprint density at radius 3 is 2.35 bits per heavy atom. The molecule has 40 heavy (non-hydrogen) atoms. The molecule has 2 heterocycles. The number of rotatable bonds is 10. The summed E-state index contributed by atoms with van der Waals surface area (Å²) in [6.45, 7) is 5.56. The van der Waals surface area contributed by atoms with E-state index in [2.05, 4.69) is 127 Å². The summed E-state index contributed by atoms with van der Waals surface area (Å²) in [6.07, 6.45) is 4.49. The van der Waals surface area contributed by atoms with Crippen LogP contribution in [-0.4, -0.2) is 16.5 Å². The number of anilines is 1. The monoisotopic (exact) mass is 541 g/mol. The van der Waals surface area contributed by atoms with Gasteiger partial charge in [0.05, 0.1) is 0 Å². The zero-order valence-corrected chi connectivity index (χ0v) is 24.0. The van der Waals surface area contributed by atoms with Gasteiger partial charge in [0.15, 0.2) is 0 Å². The lowest BCUT2D eigenvalue weighted by molar-refractivity contribution is 0.551. The number of fused-ring (bicyclic) bond motifs is 3. The van der Waals surface area contributed by atoms with Crippen molar-refractivity contribution in [3.63, 3.8) is 0 Å². The molecule has 0 aliphatic heterocycles. The van der Waals surface area contributed by atoms with E-state index < -0.39 is 0 Å². The lowest BCUT2D eigenvalue weighted by Crippen LogP contribution is -2.10. The van der Waals surface area contributed by atoms with Crippen LogP contribution in [0.1, 0.15) is 32.3 Å². The Morgan fingerprint density at radius 2 is 1.60 bits per heavy atom. The molecule has 4 heteroatoms. The van der Waals surface area contributed by atoms with Gasteiger partial charge in [0.1, 0.15) is 5.65 Å². The van der Waals surface area contributed by atoms with Gasteiger partial charge in [-0.25, -0.2) is 4.98 Å². The Morgan fingerprint density at radius 1 is 0.850 bits per heavy atom. The molecule has 3 nitrogen and oxygen atoms in total. The summed E-state index contributed by atoms with van der Waals surface area (Å²) < 4.78 is 0. The Labute approximate surface area is 241 Å². The number of thioether (sulfide) groups is 1. The van der Waals surface area contributed by atoms with Crippen LogP contribution in [-0.2, 0) is 5.75 Å². The van der Waals surface area contributed by atoms with Gasteiger partial charge >= 0.3 is 0 Å². The first-order valence-corrected chi connectivity index (χ1v) is 15.2. The maximum Gasteiger partial charge on any atom is 0.138 e. The highest BCUT2D eigenvalue weighted by molar-refractivity contribution is 7.98. The average Bonchev–Trinajstić information content (AvgIpc) is 3.38. The predicted molar refractivity (Wildman–Crippen MR) is 173 cm³/mol. The van der Waals surface area contributed by atoms with Crippen LogP contribution in [0.25, 0.3) is 44.2 Å². The molecule has 200 valence electrons. The largest absolute Gasteiger partial charge is 0.385 e. The van der Waals surface area contributed by atoms with Crippen LogP contribution in [0.2, 0.25) is 0 Å². The fourth-order valence-corrected chi connectivity index (χ4v) is 6.32. The normalized spacial score (nSPS) is 12.2. The van der Waals surface area contributed by atoms with Gasteiger partial charge in [0.25, 0.3) is 0 Å². The molecule has 2 aromatic heterocycles. The molecular formula is C36H35N3S. The van der Waals surface area contributed by atoms with Crippen molar-refractivity contribution in [3.05, 3.63) is 115 Å². The number of aromatic amines is 1. The van der Waals surface area contributed by atoms with Crippen molar-refractivity contribution in [2.45, 2.75) is 37.3 Å². The number of nitrogens with one attached hydrogen (secondary N) is 2. The fourth-order valence-electron chi connectivity index (χ4n) is 5.45. The summed E-state index contributed by atoms with van der Waals surface area (Å²) in [7, 11) is 0. The summed E-state index contributed by atoms with van der Waals surface area (Å²) in [6, 6.07) is 36.9. The van der Waals surface area contributed by atoms with E-state index in [1.807, 2.05) is 18.0 Å². The van der Waals surface area contributed by atoms with E-state index in [4.69, 9.17) is 4.98 Å². The minimum atomic E-state index is 0.666. The summed E-state index contributed by atoms with van der Waals surface area (Å²) in [5, 5.41) is 6.01. The number of pyridine rings is 1. The molecule has 6 rings (SSSR count). The topological polar surface area (TPSA) is 40.7 Å². The highest BCUT2D eigenvalue weighted by Crippen LogP contribution is 2.41. The molecule has 0 amide bonds. The van der Waals surface area contributed by atoms with Crippen LogP contribution < -0.4 is 5.32 Å². The van der Waals surface area contributed by atoms with Gasteiger partial charge < -0.3 is 10.3 Å². The van der Waals surface area contributed by atoms with Crippen LogP contribution >= 0.6 is 11.8 Å². The van der Waals surface area contributed by atoms with Crippen molar-refractivity contribution >= 4 is 39.4 Å². The average molecular weight is 542 g/mol. The van der Waals surface area contributed by atoms with Gasteiger partial charge in [0, 0.05) is 56.5 Å². The predicted octanol–water partition coefficient (Wildman–Crippen LogP) is 10.2. The van der Waals surface area contributed by atoms with E-state index in [1.165, 1.54) is 50.8 Å². The Kier molecular flexibility index (Phi) is 7.87. The van der Waals surface area contributed by atoms with Crippen LogP contribution in [0.5, 0.6) is 0 Å². The summed E-state index contributed by atoms with van der Waals surface area (Å²) in [5.74, 6) is 1.59. The Balaban J connectivity index is 1.41. The molecule has 0 spiro atoms. The molecule has 0 aliphatic rings. The number of nitrogens with zero attached hydrogens (tertiary/aromatic N) is 1. The maximum absolute atomic E-state index is 4.93. The van der Waals surface area contributed by atoms with Crippen molar-refractivity contribution in [3.8, 4) is 22.3 Å². The zero-order chi connectivity index (χ0) is 27.3. The molecule has 0 saturated heterocycles. The van der Waals surface area contributed by atoms with Gasteiger partial charge in [-0.05, 0) is 65.4 Å². The second-order valence-corrected chi connectivity index (χ2v) is 11.6. The third kappa shape index (κ3) is 5.64. The molecule has 0 aliphatic carbocycles. The van der Waals surface area contributed by atoms with Crippen molar-refractivity contribution in [1.29, 1.82) is 0 Å². The quantitative estimate of drug-likeness (QED) is 0.170. The lowest BCUT2D eigenvalue weighted by Gasteiger charge is -2.15. The number of benzene rings is 4. The zero-order valence-electron chi connectivity index (χ0n) is 23.2. The van der Waals surface area contributed by atoms with Crippen molar-refractivity contribution in [2.24, 2.45) is 5.92 Å². The molecular weight excluding hydrogens is 506 g/mol. The standard InChI is InChI=1S/C36H35N3S/c1-3-10-25(2)22-37-29-18-16-27(17-19-29)32-23-38-36-35(34(32)28-11-6-4-7-12-28)31-21-26(15-20-33(31)39-36)24-40-30-13-8-5-9-14-30/h4-9,11-21,23,25,37H,3,10,22,24H2,1-2H3,(H,38,39). The molecule has 6 aromatic rings. The summed E-state index contributed by atoms with van der Waals surface area (Å²) in [5.41, 5.74) is 9.25. The van der Waals surface area contributed by atoms with E-state index in [1.54, 1.807) is 0 Å². The molecule has 0 fully saturated rings. The number of H-pyrrole nitrogens is 1. The van der Waals surface area contributed by atoms with E-state index in [0.29, 0.717) is 5.92 Å². The molecule has 0 saturated carbocycles. The van der Waals surface area contributed by atoms with Crippen LogP contribution in [0.15, 0.2) is 114 Å². The van der Waals surface area contributed by atoms with E-state index in [-0.39, 0.29) is 0 Å². The van der Waals surface area contributed by atoms with Crippen molar-refractivity contribution in [1.82, 2.24) is 9.97 Å². The second-order valence-electron chi connectivity index (χ2n) is 10.6. The molecule has 0 radical (unpaired) electrons. The van der Waals surface area contributed by atoms with Gasteiger partial charge in [-0.15, -0.1) is 11.8 Å². The minimum absolute atomic E-state index is 0.666. The van der Waals surface area contributed by atoms with Gasteiger partial charge in [-0.3, -0.25) is 0 Å². The van der Waals surface area contributed by atoms with E-state index in [0.717, 1.165) is 34.7 Å². The molecule has 1 atom stereocenters. The third-order valence-corrected chi connectivity index (χ3v) is 8.61. The smallest absolute Gasteiger partial charge is 0.138 e. The number of aromatic nitrogens is 2. The van der Waals surface area contributed by atoms with Gasteiger partial charge in [0.2, 0.25) is 0 Å². The SMILES string of the molecule is CCCC(C)CNc1ccc(-c2cnc3[nH]c4ccc(CSc5ccccc5)cc4c3c2-c2ccccc2)cc1. The first-order valence-electron chi connectivity index (χ1n) is 14.2. The summed E-state index contributed by atoms with van der Waals surface area (Å²) >= 11 is 1.87. The first kappa shape index (κ1) is 26.2. The number of hydrogen-bond acceptors (Lipinski definition) is 3. The van der Waals surface area contributed by atoms with Crippen molar-refractivity contribution in [2.75, 3.05) is 11.9 Å². The van der Waals surface area contributed by atoms with Gasteiger partial charge in [-0.1, -0.05) is 87.0 Å². The lowest BCUT2D eigenvalue weighted by atomic mass is 9.92. The first-order chi connectivity index (χ1) is 19.7. The second kappa shape index (κ2) is 12.0. The third-order valence-electron chi connectivity index (χ3n) is 7.53. The van der Waals surface area contributed by atoms with Crippen LogP contribution in [0.4, 0.5) is 5.69 Å². The highest BCUT2D eigenvalue weighted by atomic mass is 32.2. The Bertz CT molecular complexity index is 1710. The molecule has 4 aromatic carbocycles. The minimum Gasteiger partial charge on any atom is -0.385 e. The van der Waals surface area contributed by atoms with Gasteiger partial charge in [-0.2, -0.15) is 0 Å². The van der Waals surface area contributed by atoms with Crippen LogP contribution in [0, 0.1) is 5.92 Å². The molecule has 1 unspecified atom stereocenters. The molecule has 0 bridgehead atoms. The number of hydrogen-bond donors (Lipinski definition) is 2. The van der Waals surface area contributed by atoms with Crippen LogP contribution in [0.3, 0.4) is 0 Å². The van der Waals surface area contributed by atoms with Crippen molar-refractivity contribution < 1.29 is 0 Å². The van der Waals surface area contributed by atoms with E-state index in [9.17, 15) is 0 Å². The molecule has 2 N–H and O–H groups in total. The fraction of sp³-hybridized carbons (Fsp3) is 0.194.